The second kappa shape index (κ2) is 2.51. The topological polar surface area (TPSA) is 17.1 Å². The quantitative estimate of drug-likeness (QED) is 0.516. The average molecular weight is 126 g/mol. The number of aldehydes is 1. The molecule has 1 rings (SSSR count). The first-order chi connectivity index (χ1) is 4.25. The third kappa shape index (κ3) is 1.15. The third-order valence-electron chi connectivity index (χ3n) is 2.71. The minimum Gasteiger partial charge on any atom is -0.303 e. The molecule has 1 aliphatic rings. The summed E-state index contributed by atoms with van der Waals surface area (Å²) in [5, 5.41) is 0. The molecule has 0 saturated heterocycles. The maximum Gasteiger partial charge on any atom is 0.120 e. The third-order valence-corrected chi connectivity index (χ3v) is 2.71. The predicted octanol–water partition coefficient (Wildman–Crippen LogP) is 1.87. The number of rotatable bonds is 2. The van der Waals surface area contributed by atoms with E-state index in [1.54, 1.807) is 0 Å². The first-order valence-electron chi connectivity index (χ1n) is 3.69. The fourth-order valence-electron chi connectivity index (χ4n) is 1.61. The van der Waals surface area contributed by atoms with Crippen LogP contribution in [0.1, 0.15) is 26.7 Å². The Morgan fingerprint density at radius 2 is 2.22 bits per heavy atom. The Kier molecular flexibility index (Phi) is 1.89. The Balaban J connectivity index is 2.24. The van der Waals surface area contributed by atoms with E-state index in [9.17, 15) is 4.79 Å². The first-order valence-corrected chi connectivity index (χ1v) is 3.69. The van der Waals surface area contributed by atoms with Crippen LogP contribution in [0.25, 0.3) is 0 Å². The maximum absolute atomic E-state index is 10.1. The van der Waals surface area contributed by atoms with E-state index in [0.29, 0.717) is 5.92 Å². The number of carbonyl (C=O) groups is 1. The lowest BCUT2D eigenvalue weighted by Gasteiger charge is -2.39. The van der Waals surface area contributed by atoms with Gasteiger partial charge in [-0.1, -0.05) is 13.8 Å². The van der Waals surface area contributed by atoms with Gasteiger partial charge >= 0.3 is 0 Å². The van der Waals surface area contributed by atoms with Gasteiger partial charge in [0.1, 0.15) is 6.29 Å². The van der Waals surface area contributed by atoms with E-state index in [2.05, 4.69) is 13.8 Å². The Hall–Kier alpha value is -0.330. The second-order valence-corrected chi connectivity index (χ2v) is 3.23. The highest BCUT2D eigenvalue weighted by atomic mass is 16.1. The van der Waals surface area contributed by atoms with E-state index >= 15 is 0 Å². The molecule has 0 aromatic rings. The first kappa shape index (κ1) is 6.79. The van der Waals surface area contributed by atoms with Crippen molar-refractivity contribution in [2.24, 2.45) is 17.8 Å². The Bertz CT molecular complexity index is 109. The van der Waals surface area contributed by atoms with Gasteiger partial charge in [0.05, 0.1) is 0 Å². The van der Waals surface area contributed by atoms with Gasteiger partial charge in [-0.15, -0.1) is 0 Å². The molecule has 1 heteroatoms. The van der Waals surface area contributed by atoms with Gasteiger partial charge in [0.25, 0.3) is 0 Å². The highest BCUT2D eigenvalue weighted by molar-refractivity contribution is 5.50. The summed E-state index contributed by atoms with van der Waals surface area (Å²) in [6, 6.07) is 0. The van der Waals surface area contributed by atoms with Gasteiger partial charge in [-0.05, 0) is 24.2 Å². The minimum absolute atomic E-state index is 0.706. The fraction of sp³-hybridized carbons (Fsp3) is 0.875. The Labute approximate surface area is 56.4 Å². The van der Waals surface area contributed by atoms with E-state index in [1.165, 1.54) is 6.42 Å². The molecule has 0 aromatic carbocycles. The molecule has 0 aliphatic heterocycles. The standard InChI is InChI=1S/C8H14O/c1-6-5-8(3-4-9)7(6)2/h4,6-8H,3,5H2,1-2H3. The SMILES string of the molecule is CC1CC(CC=O)C1C. The van der Waals surface area contributed by atoms with Crippen LogP contribution in [0, 0.1) is 17.8 Å². The highest BCUT2D eigenvalue weighted by Gasteiger charge is 2.33. The van der Waals surface area contributed by atoms with Gasteiger partial charge in [0, 0.05) is 6.42 Å². The maximum atomic E-state index is 10.1. The molecule has 0 amide bonds. The molecule has 0 heterocycles. The summed E-state index contributed by atoms with van der Waals surface area (Å²) >= 11 is 0. The van der Waals surface area contributed by atoms with E-state index in [0.717, 1.165) is 24.5 Å². The molecule has 0 aromatic heterocycles. The zero-order valence-corrected chi connectivity index (χ0v) is 6.13. The van der Waals surface area contributed by atoms with Crippen LogP contribution in [-0.4, -0.2) is 6.29 Å². The molecular formula is C8H14O. The lowest BCUT2D eigenvalue weighted by Crippen LogP contribution is -2.32. The van der Waals surface area contributed by atoms with Crippen LogP contribution in [0.15, 0.2) is 0 Å². The predicted molar refractivity (Wildman–Crippen MR) is 37.1 cm³/mol. The van der Waals surface area contributed by atoms with Crippen LogP contribution in [-0.2, 0) is 4.79 Å². The largest absolute Gasteiger partial charge is 0.303 e. The molecule has 1 saturated carbocycles. The molecule has 1 nitrogen and oxygen atoms in total. The minimum atomic E-state index is 0.706. The van der Waals surface area contributed by atoms with Crippen LogP contribution < -0.4 is 0 Å². The van der Waals surface area contributed by atoms with Crippen molar-refractivity contribution in [2.75, 3.05) is 0 Å². The van der Waals surface area contributed by atoms with Crippen LogP contribution in [0.2, 0.25) is 0 Å². The van der Waals surface area contributed by atoms with E-state index in [4.69, 9.17) is 0 Å². The Morgan fingerprint density at radius 3 is 2.56 bits per heavy atom. The van der Waals surface area contributed by atoms with Crippen molar-refractivity contribution in [1.29, 1.82) is 0 Å². The summed E-state index contributed by atoms with van der Waals surface area (Å²) < 4.78 is 0. The zero-order chi connectivity index (χ0) is 6.85. The molecule has 9 heavy (non-hydrogen) atoms. The molecule has 0 spiro atoms. The molecule has 0 N–H and O–H groups in total. The van der Waals surface area contributed by atoms with E-state index in [1.807, 2.05) is 0 Å². The smallest absolute Gasteiger partial charge is 0.120 e. The molecule has 3 atom stereocenters. The summed E-state index contributed by atoms with van der Waals surface area (Å²) in [5.41, 5.74) is 0. The van der Waals surface area contributed by atoms with Crippen LogP contribution >= 0.6 is 0 Å². The van der Waals surface area contributed by atoms with Gasteiger partial charge in [-0.25, -0.2) is 0 Å². The summed E-state index contributed by atoms with van der Waals surface area (Å²) in [4.78, 5) is 10.1. The van der Waals surface area contributed by atoms with Gasteiger partial charge < -0.3 is 4.79 Å². The highest BCUT2D eigenvalue weighted by Crippen LogP contribution is 2.40. The monoisotopic (exact) mass is 126 g/mol. The molecule has 52 valence electrons. The van der Waals surface area contributed by atoms with Gasteiger partial charge in [0.2, 0.25) is 0 Å². The van der Waals surface area contributed by atoms with E-state index < -0.39 is 0 Å². The summed E-state index contributed by atoms with van der Waals surface area (Å²) in [6.45, 7) is 4.49. The average Bonchev–Trinajstić information content (AvgIpc) is 1.88. The lowest BCUT2D eigenvalue weighted by molar-refractivity contribution is -0.110. The van der Waals surface area contributed by atoms with Crippen molar-refractivity contribution >= 4 is 6.29 Å². The van der Waals surface area contributed by atoms with Gasteiger partial charge in [-0.2, -0.15) is 0 Å². The summed E-state index contributed by atoms with van der Waals surface area (Å²) in [6.07, 6.45) is 3.10. The van der Waals surface area contributed by atoms with Crippen molar-refractivity contribution < 1.29 is 4.79 Å². The number of carbonyl (C=O) groups excluding carboxylic acids is 1. The normalized spacial score (nSPS) is 41.8. The molecule has 0 radical (unpaired) electrons. The van der Waals surface area contributed by atoms with Crippen molar-refractivity contribution in [2.45, 2.75) is 26.7 Å². The van der Waals surface area contributed by atoms with Gasteiger partial charge in [0.15, 0.2) is 0 Å². The van der Waals surface area contributed by atoms with Crippen molar-refractivity contribution in [3.8, 4) is 0 Å². The molecule has 1 aliphatic carbocycles. The molecule has 1 fully saturated rings. The second-order valence-electron chi connectivity index (χ2n) is 3.23. The summed E-state index contributed by atoms with van der Waals surface area (Å²) in [5.74, 6) is 2.35. The molecular weight excluding hydrogens is 112 g/mol. The van der Waals surface area contributed by atoms with Gasteiger partial charge in [-0.3, -0.25) is 0 Å². The van der Waals surface area contributed by atoms with Crippen molar-refractivity contribution in [3.63, 3.8) is 0 Å². The fourth-order valence-corrected chi connectivity index (χ4v) is 1.61. The molecule has 0 bridgehead atoms. The van der Waals surface area contributed by atoms with Crippen LogP contribution in [0.3, 0.4) is 0 Å². The Morgan fingerprint density at radius 1 is 1.56 bits per heavy atom. The van der Waals surface area contributed by atoms with E-state index in [-0.39, 0.29) is 0 Å². The number of hydrogen-bond acceptors (Lipinski definition) is 1. The van der Waals surface area contributed by atoms with Crippen LogP contribution in [0.5, 0.6) is 0 Å². The van der Waals surface area contributed by atoms with Crippen molar-refractivity contribution in [3.05, 3.63) is 0 Å². The molecule has 3 unspecified atom stereocenters. The summed E-state index contributed by atoms with van der Waals surface area (Å²) in [7, 11) is 0. The van der Waals surface area contributed by atoms with Crippen LogP contribution in [0.4, 0.5) is 0 Å². The lowest BCUT2D eigenvalue weighted by atomic mass is 9.66. The van der Waals surface area contributed by atoms with Crippen molar-refractivity contribution in [1.82, 2.24) is 0 Å². The zero-order valence-electron chi connectivity index (χ0n) is 6.13. The number of hydrogen-bond donors (Lipinski definition) is 0.